The predicted molar refractivity (Wildman–Crippen MR) is 189 cm³/mol. The van der Waals surface area contributed by atoms with Gasteiger partial charge in [0.2, 0.25) is 11.8 Å². The van der Waals surface area contributed by atoms with Crippen LogP contribution in [0.4, 0.5) is 5.95 Å². The smallest absolute Gasteiger partial charge is 0.386 e. The Balaban J connectivity index is 1.15. The van der Waals surface area contributed by atoms with Crippen LogP contribution < -0.4 is 20.9 Å². The lowest BCUT2D eigenvalue weighted by molar-refractivity contribution is -0.0502. The molecule has 2 saturated heterocycles. The van der Waals surface area contributed by atoms with Gasteiger partial charge in [0.05, 0.1) is 25.6 Å². The third kappa shape index (κ3) is 8.15. The number of aromatic amines is 1. The van der Waals surface area contributed by atoms with Gasteiger partial charge in [0.25, 0.3) is 11.5 Å². The summed E-state index contributed by atoms with van der Waals surface area (Å²) in [6.07, 6.45) is -2.00. The predicted octanol–water partition coefficient (Wildman–Crippen LogP) is 2.07. The van der Waals surface area contributed by atoms with Crippen LogP contribution in [-0.2, 0) is 45.7 Å². The van der Waals surface area contributed by atoms with E-state index in [-0.39, 0.29) is 30.1 Å². The van der Waals surface area contributed by atoms with Crippen molar-refractivity contribution >= 4 is 60.6 Å². The van der Waals surface area contributed by atoms with Crippen LogP contribution >= 0.6 is 25.8 Å². The lowest BCUT2D eigenvalue weighted by Crippen LogP contribution is -2.35. The first-order valence-corrected chi connectivity index (χ1v) is 21.3. The summed E-state index contributed by atoms with van der Waals surface area (Å²) in [5.74, 6) is -0.884. The molecule has 278 valence electrons. The number of thiol groups is 1. The van der Waals surface area contributed by atoms with E-state index >= 15 is 0 Å². The van der Waals surface area contributed by atoms with Gasteiger partial charge >= 0.3 is 13.5 Å². The number of H-pyrrole nitrogens is 1. The Bertz CT molecular complexity index is 2090. The molecule has 23 heteroatoms. The number of carbonyl (C=O) groups excluding carboxylic acids is 1. The fourth-order valence-electron chi connectivity index (χ4n) is 6.33. The minimum Gasteiger partial charge on any atom is -0.474 e. The molecule has 5 N–H and O–H groups in total. The summed E-state index contributed by atoms with van der Waals surface area (Å²) < 4.78 is 50.1. The zero-order valence-corrected chi connectivity index (χ0v) is 30.8. The largest absolute Gasteiger partial charge is 0.474 e. The van der Waals surface area contributed by atoms with Gasteiger partial charge in [0.1, 0.15) is 30.7 Å². The number of aliphatic hydroxyl groups is 1. The molecule has 0 radical (unpaired) electrons. The Morgan fingerprint density at radius 1 is 1.17 bits per heavy atom. The van der Waals surface area contributed by atoms with E-state index in [9.17, 15) is 24.2 Å². The third-order valence-corrected chi connectivity index (χ3v) is 11.9. The summed E-state index contributed by atoms with van der Waals surface area (Å²) in [5, 5.41) is 17.0. The summed E-state index contributed by atoms with van der Waals surface area (Å²) in [4.78, 5) is 56.4. The number of ether oxygens (including phenoxy) is 2. The normalized spacial score (nSPS) is 32.3. The van der Waals surface area contributed by atoms with Gasteiger partial charge in [-0.05, 0) is 36.9 Å². The summed E-state index contributed by atoms with van der Waals surface area (Å²) in [7, 11) is 1.75. The average Bonchev–Trinajstić information content (AvgIpc) is 3.78. The van der Waals surface area contributed by atoms with Gasteiger partial charge in [-0.25, -0.2) is 19.5 Å². The fraction of sp³-hybridized carbons (Fsp3) is 0.448. The van der Waals surface area contributed by atoms with Crippen LogP contribution in [0.15, 0.2) is 54.0 Å². The molecule has 1 amide bonds. The zero-order valence-electron chi connectivity index (χ0n) is 27.3. The van der Waals surface area contributed by atoms with E-state index in [4.69, 9.17) is 39.4 Å². The number of imidazole rings is 1. The van der Waals surface area contributed by atoms with Crippen molar-refractivity contribution in [2.24, 2.45) is 5.92 Å². The maximum atomic E-state index is 13.7. The Kier molecular flexibility index (Phi) is 10.9. The molecule has 5 heterocycles. The minimum absolute atomic E-state index is 0.0647. The molecule has 3 unspecified atom stereocenters. The first-order chi connectivity index (χ1) is 24.9. The van der Waals surface area contributed by atoms with E-state index in [1.54, 1.807) is 37.4 Å². The summed E-state index contributed by atoms with van der Waals surface area (Å²) in [6.45, 7) is -8.46. The van der Waals surface area contributed by atoms with Gasteiger partial charge < -0.3 is 38.4 Å². The van der Waals surface area contributed by atoms with Crippen LogP contribution in [-0.4, -0.2) is 96.2 Å². The number of benzene rings is 1. The third-order valence-electron chi connectivity index (χ3n) is 8.69. The van der Waals surface area contributed by atoms with Crippen LogP contribution in [0.1, 0.15) is 35.0 Å². The number of nitrogens with one attached hydrogen (secondary N) is 3. The molecule has 52 heavy (non-hydrogen) atoms. The van der Waals surface area contributed by atoms with E-state index in [2.05, 4.69) is 47.8 Å². The Morgan fingerprint density at radius 3 is 2.79 bits per heavy atom. The quantitative estimate of drug-likeness (QED) is 0.116. The van der Waals surface area contributed by atoms with Crippen molar-refractivity contribution in [1.29, 1.82) is 0 Å². The molecule has 9 atom stereocenters. The monoisotopic (exact) mass is 796 g/mol. The topological polar surface area (TPSA) is 243 Å². The molecule has 1 saturated carbocycles. The van der Waals surface area contributed by atoms with E-state index in [1.807, 2.05) is 0 Å². The van der Waals surface area contributed by atoms with Crippen molar-refractivity contribution in [2.45, 2.75) is 56.1 Å². The molecule has 2 bridgehead atoms. The molecular formula is C29H34N8O11P2S2. The highest BCUT2D eigenvalue weighted by Gasteiger charge is 2.51. The molecular weight excluding hydrogens is 762 g/mol. The summed E-state index contributed by atoms with van der Waals surface area (Å²) in [6, 6.07) is 8.52. The Hall–Kier alpha value is -3.17. The second-order valence-corrected chi connectivity index (χ2v) is 17.9. The number of hydrogen-bond acceptors (Lipinski definition) is 16. The van der Waals surface area contributed by atoms with Gasteiger partial charge in [0, 0.05) is 36.7 Å². The van der Waals surface area contributed by atoms with E-state index in [1.165, 1.54) is 23.4 Å². The van der Waals surface area contributed by atoms with E-state index in [0.717, 1.165) is 0 Å². The Labute approximate surface area is 305 Å². The maximum absolute atomic E-state index is 13.7. The molecule has 19 nitrogen and oxygen atoms in total. The van der Waals surface area contributed by atoms with E-state index in [0.29, 0.717) is 30.0 Å². The molecule has 2 aliphatic heterocycles. The van der Waals surface area contributed by atoms with Crippen molar-refractivity contribution in [2.75, 3.05) is 25.6 Å². The molecule has 3 aromatic heterocycles. The van der Waals surface area contributed by atoms with Gasteiger partial charge in [-0.15, -0.1) is 0 Å². The lowest BCUT2D eigenvalue weighted by Gasteiger charge is -2.27. The minimum atomic E-state index is -4.25. The van der Waals surface area contributed by atoms with Crippen molar-refractivity contribution in [3.63, 3.8) is 0 Å². The number of hydrogen-bond donors (Lipinski definition) is 6. The molecule has 7 rings (SSSR count). The fourth-order valence-corrected chi connectivity index (χ4v) is 9.34. The van der Waals surface area contributed by atoms with Crippen molar-refractivity contribution in [3.05, 3.63) is 70.7 Å². The summed E-state index contributed by atoms with van der Waals surface area (Å²) >= 11 is 9.52. The van der Waals surface area contributed by atoms with Crippen molar-refractivity contribution in [1.82, 2.24) is 34.8 Å². The van der Waals surface area contributed by atoms with E-state index < -0.39 is 74.3 Å². The van der Waals surface area contributed by atoms with Gasteiger partial charge in [0.15, 0.2) is 17.4 Å². The summed E-state index contributed by atoms with van der Waals surface area (Å²) in [5.41, 5.74) is 0.194. The SMILES string of the molecule is CNCc1ccccc1C(=O)Nc1nc2c(ncn2[C@@H]2OC3COP(O)(=S)O[C@H]4C[C@H](Oc5ccncn5)C[C@@H]4COP(=O)(S)O[C@@H]2[C@@H]3O)c(=O)[nH]1. The molecule has 1 aromatic carbocycles. The number of aliphatic hydroxyl groups excluding tert-OH is 1. The van der Waals surface area contributed by atoms with Gasteiger partial charge in [-0.2, -0.15) is 4.98 Å². The van der Waals surface area contributed by atoms with Crippen molar-refractivity contribution < 1.29 is 46.9 Å². The number of fused-ring (bicyclic) bond motifs is 4. The van der Waals surface area contributed by atoms with Crippen LogP contribution in [0.2, 0.25) is 0 Å². The zero-order chi connectivity index (χ0) is 36.6. The van der Waals surface area contributed by atoms with Crippen molar-refractivity contribution in [3.8, 4) is 5.88 Å². The molecule has 4 aromatic rings. The first-order valence-electron chi connectivity index (χ1n) is 16.0. The number of anilines is 1. The van der Waals surface area contributed by atoms with Crippen LogP contribution in [0.5, 0.6) is 5.88 Å². The molecule has 1 aliphatic carbocycles. The number of carbonyl (C=O) groups is 1. The van der Waals surface area contributed by atoms with Crippen LogP contribution in [0.3, 0.4) is 0 Å². The highest BCUT2D eigenvalue weighted by atomic mass is 32.7. The van der Waals surface area contributed by atoms with Gasteiger partial charge in [-0.3, -0.25) is 29.0 Å². The molecule has 3 fully saturated rings. The van der Waals surface area contributed by atoms with Gasteiger partial charge in [-0.1, -0.05) is 30.4 Å². The average molecular weight is 797 g/mol. The Morgan fingerprint density at radius 2 is 2.00 bits per heavy atom. The van der Waals surface area contributed by atoms with Crippen LogP contribution in [0.25, 0.3) is 11.2 Å². The maximum Gasteiger partial charge on any atom is 0.386 e. The molecule has 3 aliphatic rings. The number of rotatable bonds is 7. The lowest BCUT2D eigenvalue weighted by atomic mass is 10.1. The number of aromatic nitrogens is 6. The second-order valence-electron chi connectivity index (χ2n) is 12.2. The number of nitrogens with zero attached hydrogens (tertiary/aromatic N) is 5. The molecule has 0 spiro atoms. The van der Waals surface area contributed by atoms with Crippen LogP contribution in [0, 0.1) is 5.92 Å². The second kappa shape index (κ2) is 15.3. The standard InChI is InChI=1S/C29H34N8O11P2S2/c1-30-10-15-4-2-3-5-18(15)26(39)35-29-34-25-22(27(40)36-29)33-14-37(25)28-24-23(38)20(46-28)12-44-49(41,51)47-19-9-17(45-21-6-7-31-13-32-21)8-16(19)11-43-50(42,52)48-24/h2-7,13-14,16-17,19-20,23-24,28,30,38H,8-12H2,1H3,(H,41,51)(H,42,52)(H2,34,35,36,39,40)/t16-,17-,19+,20?,23-,24-,28-,49?,50?/m1/s1. The highest BCUT2D eigenvalue weighted by molar-refractivity contribution is 8.44. The first kappa shape index (κ1) is 37.2. The highest BCUT2D eigenvalue weighted by Crippen LogP contribution is 2.58. The number of amides is 1.